The molecule has 2 N–H and O–H groups in total. The number of nitrogens with one attached hydrogen (secondary N) is 2. The largest absolute Gasteiger partial charge is 0.378 e. The molecule has 2 heterocycles. The molecule has 0 spiro atoms. The molecule has 0 unspecified atom stereocenters. The van der Waals surface area contributed by atoms with Gasteiger partial charge in [0, 0.05) is 17.3 Å². The summed E-state index contributed by atoms with van der Waals surface area (Å²) in [5, 5.41) is 5.11. The Kier molecular flexibility index (Phi) is 3.32. The molecule has 5 heteroatoms. The van der Waals surface area contributed by atoms with Crippen molar-refractivity contribution in [3.63, 3.8) is 0 Å². The Morgan fingerprint density at radius 1 is 1.30 bits per heavy atom. The molecule has 0 aliphatic carbocycles. The normalized spacial score (nSPS) is 10.9. The maximum absolute atomic E-state index is 6.37. The number of halogens is 1. The van der Waals surface area contributed by atoms with E-state index in [1.807, 2.05) is 32.0 Å². The van der Waals surface area contributed by atoms with E-state index in [0.29, 0.717) is 11.6 Å². The number of aryl methyl sites for hydroxylation is 2. The zero-order valence-corrected chi connectivity index (χ0v) is 12.1. The molecular formula is C15H15ClN4. The molecule has 4 nitrogen and oxygen atoms in total. The van der Waals surface area contributed by atoms with Crippen LogP contribution in [-0.2, 0) is 6.54 Å². The number of benzene rings is 1. The number of hydrogen-bond acceptors (Lipinski definition) is 3. The third-order valence-corrected chi connectivity index (χ3v) is 3.70. The van der Waals surface area contributed by atoms with Gasteiger partial charge in [-0.25, -0.2) is 4.98 Å². The van der Waals surface area contributed by atoms with Gasteiger partial charge >= 0.3 is 0 Å². The van der Waals surface area contributed by atoms with Crippen molar-refractivity contribution in [3.05, 3.63) is 52.7 Å². The summed E-state index contributed by atoms with van der Waals surface area (Å²) in [5.41, 5.74) is 5.00. The molecule has 3 rings (SSSR count). The Morgan fingerprint density at radius 2 is 2.15 bits per heavy atom. The predicted octanol–water partition coefficient (Wildman–Crippen LogP) is 3.84. The van der Waals surface area contributed by atoms with Crippen molar-refractivity contribution in [3.8, 4) is 0 Å². The maximum atomic E-state index is 6.37. The SMILES string of the molecule is Cc1[nH]cnc1CNc1c(Cl)cc(C)c2ncccc12. The molecule has 1 aromatic carbocycles. The fourth-order valence-corrected chi connectivity index (χ4v) is 2.63. The summed E-state index contributed by atoms with van der Waals surface area (Å²) in [6, 6.07) is 5.89. The lowest BCUT2D eigenvalue weighted by atomic mass is 10.1. The van der Waals surface area contributed by atoms with Crippen LogP contribution in [0.25, 0.3) is 10.9 Å². The molecule has 0 saturated carbocycles. The standard InChI is InChI=1S/C15H15ClN4/c1-9-6-12(16)15(11-4-3-5-17-14(9)11)18-7-13-10(2)19-8-20-13/h3-6,8,18H,7H2,1-2H3,(H,19,20). The van der Waals surface area contributed by atoms with E-state index in [1.54, 1.807) is 12.5 Å². The molecule has 0 amide bonds. The molecule has 0 aliphatic heterocycles. The number of H-pyrrole nitrogens is 1. The second kappa shape index (κ2) is 5.13. The third-order valence-electron chi connectivity index (χ3n) is 3.40. The van der Waals surface area contributed by atoms with Gasteiger partial charge in [-0.3, -0.25) is 4.98 Å². The zero-order valence-electron chi connectivity index (χ0n) is 11.4. The third kappa shape index (κ3) is 2.23. The molecule has 3 aromatic rings. The first-order valence-electron chi connectivity index (χ1n) is 6.43. The molecule has 0 radical (unpaired) electrons. The Hall–Kier alpha value is -2.07. The van der Waals surface area contributed by atoms with Crippen molar-refractivity contribution < 1.29 is 0 Å². The average molecular weight is 287 g/mol. The fraction of sp³-hybridized carbons (Fsp3) is 0.200. The van der Waals surface area contributed by atoms with Crippen LogP contribution in [0, 0.1) is 13.8 Å². The number of nitrogens with zero attached hydrogens (tertiary/aromatic N) is 2. The number of hydrogen-bond donors (Lipinski definition) is 2. The van der Waals surface area contributed by atoms with Crippen LogP contribution in [0.15, 0.2) is 30.7 Å². The topological polar surface area (TPSA) is 53.6 Å². The van der Waals surface area contributed by atoms with Gasteiger partial charge in [0.25, 0.3) is 0 Å². The second-order valence-corrected chi connectivity index (χ2v) is 5.18. The highest BCUT2D eigenvalue weighted by molar-refractivity contribution is 6.35. The average Bonchev–Trinajstić information content (AvgIpc) is 2.84. The number of pyridine rings is 1. The van der Waals surface area contributed by atoms with Crippen LogP contribution in [0.5, 0.6) is 0 Å². The van der Waals surface area contributed by atoms with Crippen LogP contribution in [-0.4, -0.2) is 15.0 Å². The monoisotopic (exact) mass is 286 g/mol. The maximum Gasteiger partial charge on any atom is 0.0925 e. The Bertz CT molecular complexity index is 764. The summed E-state index contributed by atoms with van der Waals surface area (Å²) in [7, 11) is 0. The smallest absolute Gasteiger partial charge is 0.0925 e. The highest BCUT2D eigenvalue weighted by Gasteiger charge is 2.10. The number of imidazole rings is 1. The van der Waals surface area contributed by atoms with Crippen molar-refractivity contribution in [2.24, 2.45) is 0 Å². The van der Waals surface area contributed by atoms with Crippen LogP contribution >= 0.6 is 11.6 Å². The lowest BCUT2D eigenvalue weighted by Gasteiger charge is -2.12. The van der Waals surface area contributed by atoms with Crippen LogP contribution in [0.3, 0.4) is 0 Å². The lowest BCUT2D eigenvalue weighted by Crippen LogP contribution is -2.03. The number of aromatic amines is 1. The molecule has 0 bridgehead atoms. The summed E-state index contributed by atoms with van der Waals surface area (Å²) in [4.78, 5) is 11.8. The van der Waals surface area contributed by atoms with Crippen molar-refractivity contribution in [1.29, 1.82) is 0 Å². The van der Waals surface area contributed by atoms with Gasteiger partial charge in [0.15, 0.2) is 0 Å². The minimum atomic E-state index is 0.627. The predicted molar refractivity (Wildman–Crippen MR) is 82.1 cm³/mol. The number of rotatable bonds is 3. The minimum absolute atomic E-state index is 0.627. The van der Waals surface area contributed by atoms with Crippen molar-refractivity contribution in [1.82, 2.24) is 15.0 Å². The summed E-state index contributed by atoms with van der Waals surface area (Å²) in [6.45, 7) is 4.64. The van der Waals surface area contributed by atoms with Crippen LogP contribution in [0.1, 0.15) is 17.0 Å². The van der Waals surface area contributed by atoms with Crippen molar-refractivity contribution in [2.45, 2.75) is 20.4 Å². The molecule has 2 aromatic heterocycles. The van der Waals surface area contributed by atoms with E-state index in [-0.39, 0.29) is 0 Å². The first-order chi connectivity index (χ1) is 9.66. The van der Waals surface area contributed by atoms with Crippen molar-refractivity contribution >= 4 is 28.2 Å². The fourth-order valence-electron chi connectivity index (χ4n) is 2.30. The quantitative estimate of drug-likeness (QED) is 0.769. The van der Waals surface area contributed by atoms with Gasteiger partial charge in [0.1, 0.15) is 0 Å². The summed E-state index contributed by atoms with van der Waals surface area (Å²) < 4.78 is 0. The Balaban J connectivity index is 2.01. The first-order valence-corrected chi connectivity index (χ1v) is 6.81. The summed E-state index contributed by atoms with van der Waals surface area (Å²) in [5.74, 6) is 0. The molecule has 20 heavy (non-hydrogen) atoms. The summed E-state index contributed by atoms with van der Waals surface area (Å²) >= 11 is 6.37. The molecule has 0 fully saturated rings. The Labute approximate surface area is 122 Å². The zero-order chi connectivity index (χ0) is 14.1. The molecule has 0 atom stereocenters. The summed E-state index contributed by atoms with van der Waals surface area (Å²) in [6.07, 6.45) is 3.49. The molecule has 0 saturated heterocycles. The van der Waals surface area contributed by atoms with Gasteiger partial charge in [-0.15, -0.1) is 0 Å². The van der Waals surface area contributed by atoms with E-state index in [2.05, 4.69) is 20.3 Å². The van der Waals surface area contributed by atoms with Gasteiger partial charge in [0.05, 0.1) is 34.8 Å². The Morgan fingerprint density at radius 3 is 2.90 bits per heavy atom. The van der Waals surface area contributed by atoms with E-state index >= 15 is 0 Å². The van der Waals surface area contributed by atoms with Gasteiger partial charge < -0.3 is 10.3 Å². The second-order valence-electron chi connectivity index (χ2n) is 4.78. The van der Waals surface area contributed by atoms with E-state index < -0.39 is 0 Å². The highest BCUT2D eigenvalue weighted by atomic mass is 35.5. The van der Waals surface area contributed by atoms with Crippen LogP contribution in [0.4, 0.5) is 5.69 Å². The van der Waals surface area contributed by atoms with Crippen LogP contribution in [0.2, 0.25) is 5.02 Å². The van der Waals surface area contributed by atoms with Gasteiger partial charge in [-0.2, -0.15) is 0 Å². The van der Waals surface area contributed by atoms with E-state index in [9.17, 15) is 0 Å². The van der Waals surface area contributed by atoms with Gasteiger partial charge in [-0.1, -0.05) is 11.6 Å². The highest BCUT2D eigenvalue weighted by Crippen LogP contribution is 2.32. The lowest BCUT2D eigenvalue weighted by molar-refractivity contribution is 1.05. The van der Waals surface area contributed by atoms with Crippen molar-refractivity contribution in [2.75, 3.05) is 5.32 Å². The van der Waals surface area contributed by atoms with Crippen LogP contribution < -0.4 is 5.32 Å². The first kappa shape index (κ1) is 12.9. The number of fused-ring (bicyclic) bond motifs is 1. The van der Waals surface area contributed by atoms with Gasteiger partial charge in [-0.05, 0) is 37.6 Å². The molecule has 102 valence electrons. The number of anilines is 1. The van der Waals surface area contributed by atoms with E-state index in [0.717, 1.165) is 33.5 Å². The van der Waals surface area contributed by atoms with E-state index in [1.165, 1.54) is 0 Å². The minimum Gasteiger partial charge on any atom is -0.378 e. The van der Waals surface area contributed by atoms with Gasteiger partial charge in [0.2, 0.25) is 0 Å². The number of aromatic nitrogens is 3. The molecular weight excluding hydrogens is 272 g/mol. The van der Waals surface area contributed by atoms with E-state index in [4.69, 9.17) is 11.6 Å². The molecule has 0 aliphatic rings.